The van der Waals surface area contributed by atoms with Crippen molar-refractivity contribution < 1.29 is 9.84 Å². The fraction of sp³-hybridized carbons (Fsp3) is 1.00. The summed E-state index contributed by atoms with van der Waals surface area (Å²) in [7, 11) is 2.19. The average molecular weight is 199 g/mol. The lowest BCUT2D eigenvalue weighted by Crippen LogP contribution is -2.53. The molecule has 0 aromatic carbocycles. The molecule has 1 unspecified atom stereocenters. The number of hydrogen-bond acceptors (Lipinski definition) is 3. The Morgan fingerprint density at radius 1 is 1.50 bits per heavy atom. The van der Waals surface area contributed by atoms with Gasteiger partial charge in [0.15, 0.2) is 0 Å². The normalized spacial score (nSPS) is 32.6. The molecule has 3 heteroatoms. The number of piperidine rings is 1. The number of hydrogen-bond donors (Lipinski definition) is 1. The van der Waals surface area contributed by atoms with Gasteiger partial charge in [-0.25, -0.2) is 0 Å². The molecular formula is C11H21NO2. The summed E-state index contributed by atoms with van der Waals surface area (Å²) >= 11 is 0. The molecule has 0 aromatic heterocycles. The fourth-order valence-corrected chi connectivity index (χ4v) is 2.84. The van der Waals surface area contributed by atoms with Gasteiger partial charge in [0.05, 0.1) is 13.2 Å². The molecule has 2 saturated heterocycles. The Bertz CT molecular complexity index is 192. The maximum absolute atomic E-state index is 9.09. The standard InChI is InChI=1S/C11H21NO2/c1-12-5-2-3-10(7-12)11(4-6-13)8-14-9-11/h10,13H,2-9H2,1H3. The van der Waals surface area contributed by atoms with Gasteiger partial charge in [0.2, 0.25) is 0 Å². The second-order valence-corrected chi connectivity index (χ2v) is 4.93. The van der Waals surface area contributed by atoms with E-state index in [4.69, 9.17) is 9.84 Å². The lowest BCUT2D eigenvalue weighted by Gasteiger charge is -2.50. The maximum Gasteiger partial charge on any atom is 0.0548 e. The van der Waals surface area contributed by atoms with E-state index in [0.717, 1.165) is 25.6 Å². The van der Waals surface area contributed by atoms with Crippen molar-refractivity contribution in [2.45, 2.75) is 19.3 Å². The molecular weight excluding hydrogens is 178 g/mol. The molecule has 1 N–H and O–H groups in total. The number of nitrogens with zero attached hydrogens (tertiary/aromatic N) is 1. The number of aliphatic hydroxyl groups is 1. The van der Waals surface area contributed by atoms with Crippen LogP contribution >= 0.6 is 0 Å². The van der Waals surface area contributed by atoms with Crippen LogP contribution in [0.2, 0.25) is 0 Å². The third kappa shape index (κ3) is 1.81. The molecule has 1 atom stereocenters. The van der Waals surface area contributed by atoms with Gasteiger partial charge in [-0.1, -0.05) is 0 Å². The number of rotatable bonds is 3. The van der Waals surface area contributed by atoms with Crippen LogP contribution in [0.25, 0.3) is 0 Å². The first kappa shape index (κ1) is 10.4. The van der Waals surface area contributed by atoms with Crippen LogP contribution in [-0.4, -0.2) is 50.0 Å². The maximum atomic E-state index is 9.09. The van der Waals surface area contributed by atoms with E-state index in [1.807, 2.05) is 0 Å². The predicted molar refractivity (Wildman–Crippen MR) is 55.2 cm³/mol. The fourth-order valence-electron chi connectivity index (χ4n) is 2.84. The highest BCUT2D eigenvalue weighted by molar-refractivity contribution is 4.94. The summed E-state index contributed by atoms with van der Waals surface area (Å²) in [6, 6.07) is 0. The Labute approximate surface area is 86.0 Å². The van der Waals surface area contributed by atoms with Crippen LogP contribution in [0.5, 0.6) is 0 Å². The van der Waals surface area contributed by atoms with E-state index >= 15 is 0 Å². The van der Waals surface area contributed by atoms with Gasteiger partial charge in [-0.05, 0) is 38.8 Å². The van der Waals surface area contributed by atoms with Gasteiger partial charge in [-0.15, -0.1) is 0 Å². The van der Waals surface area contributed by atoms with Crippen LogP contribution in [0, 0.1) is 11.3 Å². The zero-order chi connectivity index (χ0) is 10.0. The van der Waals surface area contributed by atoms with Gasteiger partial charge in [-0.2, -0.15) is 0 Å². The van der Waals surface area contributed by atoms with Crippen molar-refractivity contribution in [1.82, 2.24) is 4.90 Å². The van der Waals surface area contributed by atoms with Gasteiger partial charge >= 0.3 is 0 Å². The highest BCUT2D eigenvalue weighted by atomic mass is 16.5. The van der Waals surface area contributed by atoms with Crippen LogP contribution in [0.1, 0.15) is 19.3 Å². The molecule has 0 aliphatic carbocycles. The smallest absolute Gasteiger partial charge is 0.0548 e. The van der Waals surface area contributed by atoms with E-state index in [0.29, 0.717) is 12.0 Å². The highest BCUT2D eigenvalue weighted by Gasteiger charge is 2.45. The van der Waals surface area contributed by atoms with E-state index in [1.165, 1.54) is 25.9 Å². The second kappa shape index (κ2) is 4.17. The van der Waals surface area contributed by atoms with Crippen LogP contribution < -0.4 is 0 Å². The zero-order valence-electron chi connectivity index (χ0n) is 9.04. The van der Waals surface area contributed by atoms with Crippen molar-refractivity contribution >= 4 is 0 Å². The molecule has 2 fully saturated rings. The monoisotopic (exact) mass is 199 g/mol. The summed E-state index contributed by atoms with van der Waals surface area (Å²) in [4.78, 5) is 2.41. The quantitative estimate of drug-likeness (QED) is 0.727. The van der Waals surface area contributed by atoms with Gasteiger partial charge < -0.3 is 14.7 Å². The highest BCUT2D eigenvalue weighted by Crippen LogP contribution is 2.42. The van der Waals surface area contributed by atoms with Gasteiger partial charge in [-0.3, -0.25) is 0 Å². The van der Waals surface area contributed by atoms with Crippen molar-refractivity contribution in [3.63, 3.8) is 0 Å². The summed E-state index contributed by atoms with van der Waals surface area (Å²) in [5.41, 5.74) is 0.309. The zero-order valence-corrected chi connectivity index (χ0v) is 9.04. The van der Waals surface area contributed by atoms with E-state index in [1.54, 1.807) is 0 Å². The molecule has 3 nitrogen and oxygen atoms in total. The van der Waals surface area contributed by atoms with Crippen molar-refractivity contribution in [3.05, 3.63) is 0 Å². The van der Waals surface area contributed by atoms with Gasteiger partial charge in [0.25, 0.3) is 0 Å². The lowest BCUT2D eigenvalue weighted by molar-refractivity contribution is -0.164. The molecule has 0 aromatic rings. The van der Waals surface area contributed by atoms with E-state index in [2.05, 4.69) is 11.9 Å². The lowest BCUT2D eigenvalue weighted by atomic mass is 9.68. The van der Waals surface area contributed by atoms with E-state index in [9.17, 15) is 0 Å². The minimum atomic E-state index is 0.309. The SMILES string of the molecule is CN1CCCC(C2(CCO)COC2)C1. The van der Waals surface area contributed by atoms with Crippen molar-refractivity contribution in [2.75, 3.05) is 40.0 Å². The van der Waals surface area contributed by atoms with Crippen LogP contribution in [0.15, 0.2) is 0 Å². The topological polar surface area (TPSA) is 32.7 Å². The molecule has 2 aliphatic heterocycles. The van der Waals surface area contributed by atoms with E-state index in [-0.39, 0.29) is 0 Å². The van der Waals surface area contributed by atoms with Crippen molar-refractivity contribution in [2.24, 2.45) is 11.3 Å². The average Bonchev–Trinajstić information content (AvgIpc) is 2.11. The van der Waals surface area contributed by atoms with E-state index < -0.39 is 0 Å². The molecule has 0 bridgehead atoms. The third-order valence-electron chi connectivity index (χ3n) is 3.88. The first-order valence-corrected chi connectivity index (χ1v) is 5.64. The first-order valence-electron chi connectivity index (χ1n) is 5.64. The number of likely N-dealkylation sites (tertiary alicyclic amines) is 1. The first-order chi connectivity index (χ1) is 6.77. The van der Waals surface area contributed by atoms with Crippen LogP contribution in [0.4, 0.5) is 0 Å². The van der Waals surface area contributed by atoms with Crippen molar-refractivity contribution in [1.29, 1.82) is 0 Å². The number of aliphatic hydroxyl groups excluding tert-OH is 1. The minimum absolute atomic E-state index is 0.309. The third-order valence-corrected chi connectivity index (χ3v) is 3.88. The molecule has 14 heavy (non-hydrogen) atoms. The molecule has 2 heterocycles. The summed E-state index contributed by atoms with van der Waals surface area (Å²) in [6.45, 7) is 4.46. The van der Waals surface area contributed by atoms with Crippen LogP contribution in [-0.2, 0) is 4.74 Å². The summed E-state index contributed by atoms with van der Waals surface area (Å²) < 4.78 is 5.35. The second-order valence-electron chi connectivity index (χ2n) is 4.93. The summed E-state index contributed by atoms with van der Waals surface area (Å²) in [6.07, 6.45) is 3.54. The minimum Gasteiger partial charge on any atom is -0.396 e. The summed E-state index contributed by atoms with van der Waals surface area (Å²) in [5, 5.41) is 9.09. The number of ether oxygens (including phenoxy) is 1. The largest absolute Gasteiger partial charge is 0.396 e. The Morgan fingerprint density at radius 3 is 2.79 bits per heavy atom. The van der Waals surface area contributed by atoms with Crippen LogP contribution in [0.3, 0.4) is 0 Å². The Morgan fingerprint density at radius 2 is 2.29 bits per heavy atom. The molecule has 2 rings (SSSR count). The van der Waals surface area contributed by atoms with Gasteiger partial charge in [0, 0.05) is 18.6 Å². The molecule has 0 spiro atoms. The molecule has 0 amide bonds. The predicted octanol–water partition coefficient (Wildman–Crippen LogP) is 0.727. The molecule has 0 radical (unpaired) electrons. The molecule has 2 aliphatic rings. The Hall–Kier alpha value is -0.120. The molecule has 82 valence electrons. The Balaban J connectivity index is 1.96. The Kier molecular flexibility index (Phi) is 3.10. The summed E-state index contributed by atoms with van der Waals surface area (Å²) in [5.74, 6) is 0.738. The van der Waals surface area contributed by atoms with Gasteiger partial charge in [0.1, 0.15) is 0 Å². The molecule has 0 saturated carbocycles. The van der Waals surface area contributed by atoms with Crippen molar-refractivity contribution in [3.8, 4) is 0 Å².